The second kappa shape index (κ2) is 7.63. The Morgan fingerprint density at radius 3 is 2.65 bits per heavy atom. The average Bonchev–Trinajstić information content (AvgIpc) is 3.32. The van der Waals surface area contributed by atoms with Crippen molar-refractivity contribution >= 4 is 11.8 Å². The Morgan fingerprint density at radius 2 is 2.04 bits per heavy atom. The molecule has 26 heavy (non-hydrogen) atoms. The first kappa shape index (κ1) is 18.0. The summed E-state index contributed by atoms with van der Waals surface area (Å²) in [5.74, 6) is -1.36. The molecule has 138 valence electrons. The Kier molecular flexibility index (Phi) is 5.29. The summed E-state index contributed by atoms with van der Waals surface area (Å²) < 4.78 is 15.8. The third-order valence-corrected chi connectivity index (χ3v) is 4.16. The molecular weight excluding hydrogens is 337 g/mol. The second-order valence-corrected chi connectivity index (χ2v) is 6.32. The summed E-state index contributed by atoms with van der Waals surface area (Å²) in [5.41, 5.74) is 1.30. The summed E-state index contributed by atoms with van der Waals surface area (Å²) in [4.78, 5) is 24.2. The van der Waals surface area contributed by atoms with Gasteiger partial charge in [-0.1, -0.05) is 18.6 Å². The number of benzene rings is 1. The maximum absolute atomic E-state index is 14.4. The molecule has 0 atom stereocenters. The molecule has 2 N–H and O–H groups in total. The molecule has 1 saturated carbocycles. The molecule has 3 rings (SSSR count). The van der Waals surface area contributed by atoms with E-state index >= 15 is 0 Å². The fourth-order valence-corrected chi connectivity index (χ4v) is 2.70. The predicted molar refractivity (Wildman–Crippen MR) is 93.8 cm³/mol. The van der Waals surface area contributed by atoms with Crippen molar-refractivity contribution in [2.24, 2.45) is 0 Å². The van der Waals surface area contributed by atoms with Crippen LogP contribution >= 0.6 is 0 Å². The van der Waals surface area contributed by atoms with E-state index in [1.165, 1.54) is 16.8 Å². The van der Waals surface area contributed by atoms with Gasteiger partial charge in [0.25, 0.3) is 11.8 Å². The molecule has 1 aromatic carbocycles. The molecule has 1 aliphatic rings. The molecule has 1 aliphatic carbocycles. The van der Waals surface area contributed by atoms with Crippen molar-refractivity contribution in [2.45, 2.75) is 45.6 Å². The highest BCUT2D eigenvalue weighted by atomic mass is 19.1. The number of nitrogens with zero attached hydrogens (tertiary/aromatic N) is 3. The molecule has 8 heteroatoms. The van der Waals surface area contributed by atoms with Crippen molar-refractivity contribution in [2.75, 3.05) is 6.54 Å². The van der Waals surface area contributed by atoms with Gasteiger partial charge in [0.05, 0.1) is 16.9 Å². The van der Waals surface area contributed by atoms with E-state index in [1.54, 1.807) is 13.0 Å². The quantitative estimate of drug-likeness (QED) is 0.791. The van der Waals surface area contributed by atoms with Gasteiger partial charge in [0.15, 0.2) is 5.69 Å². The first-order valence-electron chi connectivity index (χ1n) is 8.88. The largest absolute Gasteiger partial charge is 0.352 e. The molecular formula is C18H22FN5O2. The minimum Gasteiger partial charge on any atom is -0.352 e. The third kappa shape index (κ3) is 3.74. The molecule has 7 nitrogen and oxygen atoms in total. The number of carbonyl (C=O) groups excluding carboxylic acids is 2. The molecule has 2 aromatic rings. The van der Waals surface area contributed by atoms with Crippen molar-refractivity contribution in [3.05, 3.63) is 41.0 Å². The van der Waals surface area contributed by atoms with Crippen LogP contribution in [0.1, 0.15) is 59.7 Å². The number of hydrogen-bond donors (Lipinski definition) is 2. The fourth-order valence-electron chi connectivity index (χ4n) is 2.70. The highest BCUT2D eigenvalue weighted by Crippen LogP contribution is 2.21. The van der Waals surface area contributed by atoms with Crippen molar-refractivity contribution in [3.8, 4) is 5.69 Å². The third-order valence-electron chi connectivity index (χ3n) is 4.16. The van der Waals surface area contributed by atoms with Crippen molar-refractivity contribution in [1.29, 1.82) is 0 Å². The van der Waals surface area contributed by atoms with Crippen LogP contribution in [0.15, 0.2) is 18.2 Å². The van der Waals surface area contributed by atoms with E-state index < -0.39 is 11.7 Å². The Labute approximate surface area is 151 Å². The number of halogens is 1. The van der Waals surface area contributed by atoms with Crippen LogP contribution in [0.25, 0.3) is 5.69 Å². The highest BCUT2D eigenvalue weighted by molar-refractivity contribution is 5.95. The molecule has 1 heterocycles. The van der Waals surface area contributed by atoms with Crippen LogP contribution in [0.2, 0.25) is 0 Å². The summed E-state index contributed by atoms with van der Waals surface area (Å²) in [7, 11) is 0. The topological polar surface area (TPSA) is 88.9 Å². The lowest BCUT2D eigenvalue weighted by molar-refractivity contribution is 0.0939. The van der Waals surface area contributed by atoms with Crippen LogP contribution in [0, 0.1) is 5.82 Å². The van der Waals surface area contributed by atoms with Crippen LogP contribution in [0.5, 0.6) is 0 Å². The Balaban J connectivity index is 1.92. The molecule has 1 aromatic heterocycles. The molecule has 1 fully saturated rings. The van der Waals surface area contributed by atoms with E-state index in [2.05, 4.69) is 20.9 Å². The predicted octanol–water partition coefficient (Wildman–Crippen LogP) is 2.00. The van der Waals surface area contributed by atoms with Gasteiger partial charge in [-0.15, -0.1) is 5.10 Å². The van der Waals surface area contributed by atoms with Gasteiger partial charge in [-0.05, 0) is 38.3 Å². The van der Waals surface area contributed by atoms with Gasteiger partial charge in [0.1, 0.15) is 5.82 Å². The standard InChI is InChI=1S/C18H22FN5O2/c1-3-5-15-16(18(26)21-11-6-7-11)22-23-24(15)12-8-9-13(14(19)10-12)17(25)20-4-2/h8-11H,3-7H2,1-2H3,(H,20,25)(H,21,26). The van der Waals surface area contributed by atoms with Crippen LogP contribution in [-0.2, 0) is 6.42 Å². The number of aromatic nitrogens is 3. The highest BCUT2D eigenvalue weighted by Gasteiger charge is 2.27. The van der Waals surface area contributed by atoms with Crippen LogP contribution in [-0.4, -0.2) is 39.4 Å². The van der Waals surface area contributed by atoms with Crippen molar-refractivity contribution < 1.29 is 14.0 Å². The minimum absolute atomic E-state index is 0.0283. The number of rotatable bonds is 7. The first-order chi connectivity index (χ1) is 12.5. The fraction of sp³-hybridized carbons (Fsp3) is 0.444. The lowest BCUT2D eigenvalue weighted by Gasteiger charge is -2.09. The second-order valence-electron chi connectivity index (χ2n) is 6.32. The number of amides is 2. The maximum atomic E-state index is 14.4. The smallest absolute Gasteiger partial charge is 0.273 e. The van der Waals surface area contributed by atoms with E-state index in [9.17, 15) is 14.0 Å². The van der Waals surface area contributed by atoms with Crippen LogP contribution in [0.4, 0.5) is 4.39 Å². The number of nitrogens with one attached hydrogen (secondary N) is 2. The average molecular weight is 359 g/mol. The molecule has 0 radical (unpaired) electrons. The van der Waals surface area contributed by atoms with E-state index in [0.29, 0.717) is 24.3 Å². The van der Waals surface area contributed by atoms with Gasteiger partial charge in [0, 0.05) is 18.7 Å². The Bertz CT molecular complexity index is 829. The van der Waals surface area contributed by atoms with Gasteiger partial charge in [0.2, 0.25) is 0 Å². The first-order valence-corrected chi connectivity index (χ1v) is 8.88. The van der Waals surface area contributed by atoms with E-state index in [4.69, 9.17) is 0 Å². The lowest BCUT2D eigenvalue weighted by Crippen LogP contribution is -2.27. The van der Waals surface area contributed by atoms with E-state index in [-0.39, 0.29) is 23.2 Å². The molecule has 0 unspecified atom stereocenters. The van der Waals surface area contributed by atoms with Crippen LogP contribution < -0.4 is 10.6 Å². The maximum Gasteiger partial charge on any atom is 0.273 e. The number of hydrogen-bond acceptors (Lipinski definition) is 4. The zero-order valence-corrected chi connectivity index (χ0v) is 14.9. The van der Waals surface area contributed by atoms with Gasteiger partial charge >= 0.3 is 0 Å². The monoisotopic (exact) mass is 359 g/mol. The SMILES string of the molecule is CCCc1c(C(=O)NC2CC2)nnn1-c1ccc(C(=O)NCC)c(F)c1. The van der Waals surface area contributed by atoms with Gasteiger partial charge in [-0.25, -0.2) is 9.07 Å². The van der Waals surface area contributed by atoms with Gasteiger partial charge in [-0.3, -0.25) is 9.59 Å². The van der Waals surface area contributed by atoms with Crippen LogP contribution in [0.3, 0.4) is 0 Å². The Morgan fingerprint density at radius 1 is 1.27 bits per heavy atom. The summed E-state index contributed by atoms with van der Waals surface area (Å²) in [6, 6.07) is 4.47. The summed E-state index contributed by atoms with van der Waals surface area (Å²) in [6.07, 6.45) is 3.33. The van der Waals surface area contributed by atoms with Gasteiger partial charge < -0.3 is 10.6 Å². The summed E-state index contributed by atoms with van der Waals surface area (Å²) >= 11 is 0. The molecule has 0 saturated heterocycles. The number of carbonyl (C=O) groups is 2. The van der Waals surface area contributed by atoms with E-state index in [0.717, 1.165) is 19.3 Å². The van der Waals surface area contributed by atoms with E-state index in [1.807, 2.05) is 6.92 Å². The summed E-state index contributed by atoms with van der Waals surface area (Å²) in [5, 5.41) is 13.5. The Hall–Kier alpha value is -2.77. The minimum atomic E-state index is -0.643. The van der Waals surface area contributed by atoms with Gasteiger partial charge in [-0.2, -0.15) is 0 Å². The molecule has 0 bridgehead atoms. The normalized spacial score (nSPS) is 13.5. The molecule has 0 aliphatic heterocycles. The van der Waals surface area contributed by atoms with Crippen molar-refractivity contribution in [1.82, 2.24) is 25.6 Å². The summed E-state index contributed by atoms with van der Waals surface area (Å²) in [6.45, 7) is 4.17. The zero-order chi connectivity index (χ0) is 18.7. The molecule has 2 amide bonds. The van der Waals surface area contributed by atoms with Crippen molar-refractivity contribution in [3.63, 3.8) is 0 Å². The molecule has 0 spiro atoms. The lowest BCUT2D eigenvalue weighted by atomic mass is 10.1. The zero-order valence-electron chi connectivity index (χ0n) is 14.9.